The highest BCUT2D eigenvalue weighted by Crippen LogP contribution is 2.26. The van der Waals surface area contributed by atoms with Gasteiger partial charge < -0.3 is 0 Å². The van der Waals surface area contributed by atoms with E-state index in [1.807, 2.05) is 90.4 Å². The standard InChI is InChI=1S/C25H21N7OS/c1-15-8-10-19(11-9-15)31-22(33)20-6-4-5-7-21(20)32-24(31)28-29-25(32)34-14-18-13-30-17(3)12-16(2)26-23(30)27-18/h4-13H,14H2,1-3H3. The van der Waals surface area contributed by atoms with Crippen molar-refractivity contribution in [3.8, 4) is 5.69 Å². The molecule has 0 aliphatic heterocycles. The molecule has 0 N–H and O–H groups in total. The zero-order valence-electron chi connectivity index (χ0n) is 18.9. The summed E-state index contributed by atoms with van der Waals surface area (Å²) in [7, 11) is 0. The number of rotatable bonds is 4. The summed E-state index contributed by atoms with van der Waals surface area (Å²) in [6, 6.07) is 17.4. The molecule has 0 unspecified atom stereocenters. The van der Waals surface area contributed by atoms with Gasteiger partial charge in [-0.1, -0.05) is 41.6 Å². The SMILES string of the molecule is Cc1ccc(-n2c(=O)c3ccccc3n3c(SCc4cn5c(C)cc(C)nc5n4)nnc23)cc1. The maximum atomic E-state index is 13.4. The Labute approximate surface area is 198 Å². The second-order valence-electron chi connectivity index (χ2n) is 8.34. The molecular weight excluding hydrogens is 446 g/mol. The molecule has 0 radical (unpaired) electrons. The first-order valence-corrected chi connectivity index (χ1v) is 11.9. The van der Waals surface area contributed by atoms with Crippen LogP contribution in [0.3, 0.4) is 0 Å². The van der Waals surface area contributed by atoms with E-state index in [4.69, 9.17) is 0 Å². The molecule has 0 fully saturated rings. The third kappa shape index (κ3) is 3.28. The number of hydrogen-bond acceptors (Lipinski definition) is 6. The van der Waals surface area contributed by atoms with E-state index in [9.17, 15) is 4.79 Å². The van der Waals surface area contributed by atoms with Crippen molar-refractivity contribution in [2.24, 2.45) is 0 Å². The van der Waals surface area contributed by atoms with Gasteiger partial charge in [0, 0.05) is 23.3 Å². The van der Waals surface area contributed by atoms with E-state index in [1.54, 1.807) is 4.57 Å². The van der Waals surface area contributed by atoms with Crippen LogP contribution < -0.4 is 5.56 Å². The molecule has 0 bridgehead atoms. The smallest absolute Gasteiger partial charge is 0.267 e. The number of aromatic nitrogens is 7. The van der Waals surface area contributed by atoms with Crippen LogP contribution in [0.1, 0.15) is 22.6 Å². The fraction of sp³-hybridized carbons (Fsp3) is 0.160. The second-order valence-corrected chi connectivity index (χ2v) is 9.28. The van der Waals surface area contributed by atoms with Crippen molar-refractivity contribution < 1.29 is 0 Å². The quantitative estimate of drug-likeness (QED) is 0.360. The van der Waals surface area contributed by atoms with Crippen LogP contribution in [0.15, 0.2) is 70.7 Å². The maximum Gasteiger partial charge on any atom is 0.267 e. The molecular formula is C25H21N7OS. The molecule has 0 saturated carbocycles. The summed E-state index contributed by atoms with van der Waals surface area (Å²) in [6.45, 7) is 6.03. The maximum absolute atomic E-state index is 13.4. The van der Waals surface area contributed by atoms with Crippen LogP contribution in [0.25, 0.3) is 28.1 Å². The average molecular weight is 468 g/mol. The molecule has 9 heteroatoms. The minimum absolute atomic E-state index is 0.117. The van der Waals surface area contributed by atoms with Gasteiger partial charge in [0.25, 0.3) is 5.56 Å². The molecule has 2 aromatic carbocycles. The van der Waals surface area contributed by atoms with Gasteiger partial charge in [0.15, 0.2) is 5.16 Å². The van der Waals surface area contributed by atoms with Crippen LogP contribution in [0, 0.1) is 20.8 Å². The zero-order valence-corrected chi connectivity index (χ0v) is 19.7. The summed E-state index contributed by atoms with van der Waals surface area (Å²) in [4.78, 5) is 22.6. The van der Waals surface area contributed by atoms with Crippen LogP contribution >= 0.6 is 11.8 Å². The lowest BCUT2D eigenvalue weighted by atomic mass is 10.2. The van der Waals surface area contributed by atoms with Crippen molar-refractivity contribution in [1.82, 2.24) is 33.5 Å². The lowest BCUT2D eigenvalue weighted by Crippen LogP contribution is -2.21. The highest BCUT2D eigenvalue weighted by molar-refractivity contribution is 7.98. The van der Waals surface area contributed by atoms with Crippen LogP contribution in [-0.4, -0.2) is 33.5 Å². The van der Waals surface area contributed by atoms with E-state index >= 15 is 0 Å². The Kier molecular flexibility index (Phi) is 4.73. The molecule has 6 rings (SSSR count). The first kappa shape index (κ1) is 20.6. The second kappa shape index (κ2) is 7.81. The van der Waals surface area contributed by atoms with Gasteiger partial charge in [-0.25, -0.2) is 14.5 Å². The van der Waals surface area contributed by atoms with Gasteiger partial charge in [0.05, 0.1) is 22.3 Å². The molecule has 0 saturated heterocycles. The molecule has 4 heterocycles. The predicted molar refractivity (Wildman–Crippen MR) is 133 cm³/mol. The number of nitrogens with zero attached hydrogens (tertiary/aromatic N) is 7. The number of fused-ring (bicyclic) bond motifs is 4. The lowest BCUT2D eigenvalue weighted by Gasteiger charge is -2.11. The van der Waals surface area contributed by atoms with Crippen molar-refractivity contribution in [2.45, 2.75) is 31.7 Å². The summed E-state index contributed by atoms with van der Waals surface area (Å²) < 4.78 is 5.57. The zero-order chi connectivity index (χ0) is 23.4. The van der Waals surface area contributed by atoms with E-state index in [1.165, 1.54) is 11.8 Å². The Morgan fingerprint density at radius 3 is 2.56 bits per heavy atom. The Bertz CT molecular complexity index is 1760. The van der Waals surface area contributed by atoms with Crippen molar-refractivity contribution in [1.29, 1.82) is 0 Å². The van der Waals surface area contributed by atoms with Gasteiger partial charge in [-0.3, -0.25) is 13.6 Å². The van der Waals surface area contributed by atoms with E-state index < -0.39 is 0 Å². The fourth-order valence-electron chi connectivity index (χ4n) is 4.22. The average Bonchev–Trinajstić information content (AvgIpc) is 3.43. The monoisotopic (exact) mass is 467 g/mol. The molecule has 168 valence electrons. The Morgan fingerprint density at radius 1 is 0.941 bits per heavy atom. The summed E-state index contributed by atoms with van der Waals surface area (Å²) in [5, 5.41) is 10.2. The number of para-hydroxylation sites is 1. The minimum Gasteiger partial charge on any atom is -0.288 e. The molecule has 6 aromatic rings. The third-order valence-corrected chi connectivity index (χ3v) is 6.81. The van der Waals surface area contributed by atoms with Gasteiger partial charge in [0.2, 0.25) is 11.6 Å². The molecule has 4 aromatic heterocycles. The molecule has 34 heavy (non-hydrogen) atoms. The Hall–Kier alpha value is -3.98. The first-order chi connectivity index (χ1) is 16.5. The summed E-state index contributed by atoms with van der Waals surface area (Å²) in [6.07, 6.45) is 2.01. The summed E-state index contributed by atoms with van der Waals surface area (Å²) in [5.74, 6) is 1.77. The molecule has 0 atom stereocenters. The van der Waals surface area contributed by atoms with Crippen molar-refractivity contribution >= 4 is 34.2 Å². The normalized spacial score (nSPS) is 11.7. The van der Waals surface area contributed by atoms with Crippen LogP contribution in [0.5, 0.6) is 0 Å². The Morgan fingerprint density at radius 2 is 1.74 bits per heavy atom. The van der Waals surface area contributed by atoms with Gasteiger partial charge in [-0.2, -0.15) is 0 Å². The number of aryl methyl sites for hydroxylation is 3. The lowest BCUT2D eigenvalue weighted by molar-refractivity contribution is 0.929. The van der Waals surface area contributed by atoms with Crippen molar-refractivity contribution in [3.05, 3.63) is 93.8 Å². The highest BCUT2D eigenvalue weighted by Gasteiger charge is 2.18. The largest absolute Gasteiger partial charge is 0.288 e. The van der Waals surface area contributed by atoms with E-state index in [0.29, 0.717) is 27.9 Å². The van der Waals surface area contributed by atoms with Gasteiger partial charge in [-0.05, 0) is 51.1 Å². The number of hydrogen-bond donors (Lipinski definition) is 0. The fourth-order valence-corrected chi connectivity index (χ4v) is 5.05. The van der Waals surface area contributed by atoms with Crippen molar-refractivity contribution in [3.63, 3.8) is 0 Å². The molecule has 0 amide bonds. The summed E-state index contributed by atoms with van der Waals surface area (Å²) >= 11 is 1.53. The molecule has 0 spiro atoms. The van der Waals surface area contributed by atoms with Crippen LogP contribution in [0.2, 0.25) is 0 Å². The van der Waals surface area contributed by atoms with Crippen LogP contribution in [-0.2, 0) is 5.75 Å². The molecule has 8 nitrogen and oxygen atoms in total. The first-order valence-electron chi connectivity index (χ1n) is 10.9. The van der Waals surface area contributed by atoms with Gasteiger partial charge >= 0.3 is 0 Å². The van der Waals surface area contributed by atoms with Gasteiger partial charge in [-0.15, -0.1) is 10.2 Å². The highest BCUT2D eigenvalue weighted by atomic mass is 32.2. The minimum atomic E-state index is -0.117. The third-order valence-electron chi connectivity index (χ3n) is 5.85. The topological polar surface area (TPSA) is 82.4 Å². The van der Waals surface area contributed by atoms with Crippen LogP contribution in [0.4, 0.5) is 0 Å². The predicted octanol–water partition coefficient (Wildman–Crippen LogP) is 4.29. The summed E-state index contributed by atoms with van der Waals surface area (Å²) in [5.41, 5.74) is 5.48. The number of benzene rings is 2. The molecule has 0 aliphatic carbocycles. The van der Waals surface area contributed by atoms with E-state index in [-0.39, 0.29) is 5.56 Å². The van der Waals surface area contributed by atoms with E-state index in [2.05, 4.69) is 20.2 Å². The van der Waals surface area contributed by atoms with Crippen molar-refractivity contribution in [2.75, 3.05) is 0 Å². The number of imidazole rings is 1. The van der Waals surface area contributed by atoms with E-state index in [0.717, 1.165) is 33.8 Å². The number of thioether (sulfide) groups is 1. The van der Waals surface area contributed by atoms with Gasteiger partial charge in [0.1, 0.15) is 0 Å². The Balaban J connectivity index is 1.48. The molecule has 0 aliphatic rings.